The van der Waals surface area contributed by atoms with Crippen molar-refractivity contribution in [3.8, 4) is 33.7 Å². The molecule has 1 aliphatic rings. The first kappa shape index (κ1) is 33.0. The molecule has 0 saturated heterocycles. The Morgan fingerprint density at radius 3 is 1.98 bits per heavy atom. The van der Waals surface area contributed by atoms with Crippen LogP contribution < -0.4 is 4.90 Å². The number of oxazole rings is 1. The summed E-state index contributed by atoms with van der Waals surface area (Å²) in [6, 6.07) is 65.0. The van der Waals surface area contributed by atoms with Gasteiger partial charge in [-0.25, -0.2) is 4.98 Å². The van der Waals surface area contributed by atoms with Crippen LogP contribution in [0.5, 0.6) is 0 Å². The topological polar surface area (TPSA) is 34.2 Å². The number of nitrogens with zero attached hydrogens (tertiary/aromatic N) is 3. The normalized spacial score (nSPS) is 12.8. The van der Waals surface area contributed by atoms with E-state index in [1.165, 1.54) is 38.6 Å². The van der Waals surface area contributed by atoms with Gasteiger partial charge in [0.1, 0.15) is 5.52 Å². The molecule has 4 heteroatoms. The maximum Gasteiger partial charge on any atom is 0.227 e. The molecule has 8 aromatic carbocycles. The van der Waals surface area contributed by atoms with E-state index in [9.17, 15) is 0 Å². The lowest BCUT2D eigenvalue weighted by molar-refractivity contribution is 0.620. The van der Waals surface area contributed by atoms with Crippen LogP contribution in [0, 0.1) is 0 Å². The highest BCUT2D eigenvalue weighted by molar-refractivity contribution is 6.11. The summed E-state index contributed by atoms with van der Waals surface area (Å²) < 4.78 is 8.70. The summed E-state index contributed by atoms with van der Waals surface area (Å²) in [5, 5.41) is 4.73. The first-order valence-electron chi connectivity index (χ1n) is 19.6. The molecule has 4 nitrogen and oxygen atoms in total. The minimum Gasteiger partial charge on any atom is -0.436 e. The van der Waals surface area contributed by atoms with Gasteiger partial charge in [-0.05, 0) is 113 Å². The fraction of sp³-hybridized carbons (Fsp3) is 0.0377. The standard InChI is InChI=1S/C53H37N3O/c1-4-13-36(14-5-1)40-17-12-20-44(33-40)55(45-30-31-47-46-21-10-11-22-49(46)56(50(47)35-45)42-18-8-3-9-19-42)43-28-25-37(26-29-43)41-24-23-38-27-32-51-52(48(38)34-41)54-53(57-51)39-15-6-2-7-16-39/h1-8,10-18,20-35H,9,19H2. The van der Waals surface area contributed by atoms with Crippen molar-refractivity contribution in [3.63, 3.8) is 0 Å². The zero-order valence-electron chi connectivity index (χ0n) is 31.2. The number of aromatic nitrogens is 2. The summed E-state index contributed by atoms with van der Waals surface area (Å²) in [6.07, 6.45) is 8.76. The van der Waals surface area contributed by atoms with E-state index >= 15 is 0 Å². The quantitative estimate of drug-likeness (QED) is 0.164. The first-order valence-corrected chi connectivity index (χ1v) is 19.6. The second kappa shape index (κ2) is 13.7. The van der Waals surface area contributed by atoms with E-state index in [1.54, 1.807) is 0 Å². The van der Waals surface area contributed by atoms with Gasteiger partial charge < -0.3 is 13.9 Å². The molecule has 0 aliphatic heterocycles. The summed E-state index contributed by atoms with van der Waals surface area (Å²) in [4.78, 5) is 7.35. The SMILES string of the molecule is C1=CCCC(n2c3ccccc3c3ccc(N(c4ccc(-c5ccc6ccc7oc(-c8ccccc8)nc7c6c5)cc4)c4cccc(-c5ccccc5)c4)cc32)=C1. The number of hydrogen-bond acceptors (Lipinski definition) is 3. The van der Waals surface area contributed by atoms with E-state index in [4.69, 9.17) is 9.40 Å². The minimum atomic E-state index is 0.634. The van der Waals surface area contributed by atoms with Crippen LogP contribution in [0.15, 0.2) is 205 Å². The van der Waals surface area contributed by atoms with Crippen LogP contribution in [0.2, 0.25) is 0 Å². The molecule has 0 radical (unpaired) electrons. The smallest absolute Gasteiger partial charge is 0.227 e. The van der Waals surface area contributed by atoms with Crippen molar-refractivity contribution in [2.24, 2.45) is 0 Å². The Morgan fingerprint density at radius 2 is 1.16 bits per heavy atom. The molecule has 2 aromatic heterocycles. The average molecular weight is 732 g/mol. The Bertz CT molecular complexity index is 3170. The first-order chi connectivity index (χ1) is 28.2. The van der Waals surface area contributed by atoms with E-state index in [-0.39, 0.29) is 0 Å². The van der Waals surface area contributed by atoms with Gasteiger partial charge in [0.2, 0.25) is 5.89 Å². The van der Waals surface area contributed by atoms with E-state index in [0.29, 0.717) is 5.89 Å². The molecule has 0 fully saturated rings. The summed E-state index contributed by atoms with van der Waals surface area (Å²) in [5.41, 5.74) is 14.3. The van der Waals surface area contributed by atoms with Gasteiger partial charge in [-0.3, -0.25) is 0 Å². The summed E-state index contributed by atoms with van der Waals surface area (Å²) in [5.74, 6) is 0.634. The Kier molecular flexibility index (Phi) is 7.92. The summed E-state index contributed by atoms with van der Waals surface area (Å²) in [7, 11) is 0. The number of para-hydroxylation sites is 1. The van der Waals surface area contributed by atoms with Crippen LogP contribution in [-0.4, -0.2) is 9.55 Å². The van der Waals surface area contributed by atoms with Gasteiger partial charge in [0.05, 0.1) is 11.0 Å². The van der Waals surface area contributed by atoms with E-state index < -0.39 is 0 Å². The van der Waals surface area contributed by atoms with Gasteiger partial charge in [0, 0.05) is 44.5 Å². The third-order valence-corrected chi connectivity index (χ3v) is 11.3. The van der Waals surface area contributed by atoms with Crippen molar-refractivity contribution < 1.29 is 4.42 Å². The molecule has 0 unspecified atom stereocenters. The van der Waals surface area contributed by atoms with Crippen LogP contribution in [-0.2, 0) is 0 Å². The number of hydrogen-bond donors (Lipinski definition) is 0. The zero-order valence-corrected chi connectivity index (χ0v) is 31.2. The van der Waals surface area contributed by atoms with Crippen LogP contribution in [0.3, 0.4) is 0 Å². The molecule has 0 saturated carbocycles. The Balaban J connectivity index is 1.04. The van der Waals surface area contributed by atoms with Gasteiger partial charge in [-0.1, -0.05) is 127 Å². The van der Waals surface area contributed by atoms with Crippen LogP contribution >= 0.6 is 0 Å². The zero-order chi connectivity index (χ0) is 37.7. The number of fused-ring (bicyclic) bond motifs is 6. The van der Waals surface area contributed by atoms with Crippen molar-refractivity contribution >= 4 is 66.4 Å². The molecule has 0 atom stereocenters. The largest absolute Gasteiger partial charge is 0.436 e. The van der Waals surface area contributed by atoms with Crippen LogP contribution in [0.1, 0.15) is 12.8 Å². The molecule has 11 rings (SSSR count). The molecule has 0 spiro atoms. The number of benzene rings is 8. The summed E-state index contributed by atoms with van der Waals surface area (Å²) in [6.45, 7) is 0. The molecular formula is C53H37N3O. The molecule has 270 valence electrons. The molecule has 0 amide bonds. The predicted octanol–water partition coefficient (Wildman–Crippen LogP) is 14.8. The highest BCUT2D eigenvalue weighted by Gasteiger charge is 2.19. The van der Waals surface area contributed by atoms with Crippen LogP contribution in [0.25, 0.3) is 83.1 Å². The van der Waals surface area contributed by atoms with Crippen molar-refractivity contribution in [3.05, 3.63) is 200 Å². The van der Waals surface area contributed by atoms with E-state index in [1.807, 2.05) is 36.4 Å². The third kappa shape index (κ3) is 5.82. The maximum atomic E-state index is 6.23. The second-order valence-corrected chi connectivity index (χ2v) is 14.7. The lowest BCUT2D eigenvalue weighted by Gasteiger charge is -2.27. The van der Waals surface area contributed by atoms with Gasteiger partial charge >= 0.3 is 0 Å². The number of rotatable bonds is 7. The maximum absolute atomic E-state index is 6.23. The molecule has 0 N–H and O–H groups in total. The lowest BCUT2D eigenvalue weighted by Crippen LogP contribution is -2.10. The minimum absolute atomic E-state index is 0.634. The van der Waals surface area contributed by atoms with E-state index in [2.05, 4.69) is 173 Å². The Morgan fingerprint density at radius 1 is 0.491 bits per heavy atom. The lowest BCUT2D eigenvalue weighted by atomic mass is 10.00. The van der Waals surface area contributed by atoms with Gasteiger partial charge in [-0.2, -0.15) is 0 Å². The van der Waals surface area contributed by atoms with Crippen molar-refractivity contribution in [1.82, 2.24) is 9.55 Å². The number of allylic oxidation sites excluding steroid dienone is 4. The van der Waals surface area contributed by atoms with Crippen molar-refractivity contribution in [1.29, 1.82) is 0 Å². The molecule has 2 heterocycles. The third-order valence-electron chi connectivity index (χ3n) is 11.3. The van der Waals surface area contributed by atoms with Gasteiger partial charge in [0.15, 0.2) is 5.58 Å². The van der Waals surface area contributed by atoms with Gasteiger partial charge in [0.25, 0.3) is 0 Å². The fourth-order valence-corrected chi connectivity index (χ4v) is 8.48. The summed E-state index contributed by atoms with van der Waals surface area (Å²) >= 11 is 0. The molecule has 10 aromatic rings. The van der Waals surface area contributed by atoms with Crippen molar-refractivity contribution in [2.45, 2.75) is 12.8 Å². The monoisotopic (exact) mass is 731 g/mol. The highest BCUT2D eigenvalue weighted by Crippen LogP contribution is 2.42. The highest BCUT2D eigenvalue weighted by atomic mass is 16.3. The average Bonchev–Trinajstić information content (AvgIpc) is 3.88. The fourth-order valence-electron chi connectivity index (χ4n) is 8.48. The van der Waals surface area contributed by atoms with Gasteiger partial charge in [-0.15, -0.1) is 0 Å². The molecule has 1 aliphatic carbocycles. The number of anilines is 3. The molecular weight excluding hydrogens is 695 g/mol. The molecule has 0 bridgehead atoms. The Hall–Kier alpha value is -7.43. The Labute approximate surface area is 330 Å². The molecule has 57 heavy (non-hydrogen) atoms. The predicted molar refractivity (Wildman–Crippen MR) is 238 cm³/mol. The van der Waals surface area contributed by atoms with Crippen molar-refractivity contribution in [2.75, 3.05) is 4.90 Å². The van der Waals surface area contributed by atoms with Crippen LogP contribution in [0.4, 0.5) is 17.1 Å². The van der Waals surface area contributed by atoms with E-state index in [0.717, 1.165) is 68.5 Å². The second-order valence-electron chi connectivity index (χ2n) is 14.7.